The minimum absolute atomic E-state index is 0.164. The molecular formula is C16H30O2. The van der Waals surface area contributed by atoms with Gasteiger partial charge in [-0.1, -0.05) is 51.2 Å². The van der Waals surface area contributed by atoms with Crippen molar-refractivity contribution in [3.8, 4) is 0 Å². The molecule has 2 nitrogen and oxygen atoms in total. The van der Waals surface area contributed by atoms with Crippen LogP contribution in [0.25, 0.3) is 0 Å². The van der Waals surface area contributed by atoms with Crippen LogP contribution in [-0.4, -0.2) is 12.6 Å². The van der Waals surface area contributed by atoms with Gasteiger partial charge in [-0.25, -0.2) is 0 Å². The van der Waals surface area contributed by atoms with Gasteiger partial charge >= 0.3 is 5.97 Å². The molecule has 0 fully saturated rings. The number of carbonyl (C=O) groups is 1. The first-order valence-electron chi connectivity index (χ1n) is 7.55. The number of allylic oxidation sites excluding steroid dienone is 2. The Balaban J connectivity index is 3.04. The van der Waals surface area contributed by atoms with E-state index in [4.69, 9.17) is 4.74 Å². The summed E-state index contributed by atoms with van der Waals surface area (Å²) in [7, 11) is 0. The number of ether oxygens (including phenoxy) is 1. The number of hydrogen-bond donors (Lipinski definition) is 0. The summed E-state index contributed by atoms with van der Waals surface area (Å²) in [5.74, 6) is -0.164. The Morgan fingerprint density at radius 2 is 1.44 bits per heavy atom. The van der Waals surface area contributed by atoms with Crippen molar-refractivity contribution in [1.29, 1.82) is 0 Å². The van der Waals surface area contributed by atoms with E-state index in [1.807, 2.05) is 0 Å². The molecule has 0 atom stereocenters. The van der Waals surface area contributed by atoms with E-state index in [-0.39, 0.29) is 5.97 Å². The van der Waals surface area contributed by atoms with Crippen molar-refractivity contribution in [2.24, 2.45) is 0 Å². The maximum atomic E-state index is 10.5. The predicted molar refractivity (Wildman–Crippen MR) is 77.6 cm³/mol. The molecule has 0 bridgehead atoms. The Kier molecular flexibility index (Phi) is 13.6. The van der Waals surface area contributed by atoms with Gasteiger partial charge in [-0.15, -0.1) is 0 Å². The van der Waals surface area contributed by atoms with Crippen LogP contribution < -0.4 is 0 Å². The molecule has 18 heavy (non-hydrogen) atoms. The summed E-state index contributed by atoms with van der Waals surface area (Å²) < 4.78 is 4.88. The molecule has 0 aliphatic heterocycles. The summed E-state index contributed by atoms with van der Waals surface area (Å²) in [5.41, 5.74) is 0. The lowest BCUT2D eigenvalue weighted by Crippen LogP contribution is -1.99. The minimum Gasteiger partial charge on any atom is -0.466 e. The SMILES string of the molecule is CCCCC/C=C\CCCCCCCOC(C)=O. The first-order chi connectivity index (χ1) is 8.77. The Hall–Kier alpha value is -0.790. The molecule has 0 saturated carbocycles. The first kappa shape index (κ1) is 17.2. The van der Waals surface area contributed by atoms with E-state index in [1.54, 1.807) is 0 Å². The Bertz CT molecular complexity index is 209. The van der Waals surface area contributed by atoms with Gasteiger partial charge in [0.25, 0.3) is 0 Å². The summed E-state index contributed by atoms with van der Waals surface area (Å²) in [6, 6.07) is 0. The fraction of sp³-hybridized carbons (Fsp3) is 0.812. The predicted octanol–water partition coefficient (Wildman–Crippen LogP) is 5.03. The summed E-state index contributed by atoms with van der Waals surface area (Å²) >= 11 is 0. The van der Waals surface area contributed by atoms with E-state index in [0.29, 0.717) is 6.61 Å². The number of rotatable bonds is 12. The van der Waals surface area contributed by atoms with Crippen LogP contribution in [0, 0.1) is 0 Å². The lowest BCUT2D eigenvalue weighted by Gasteiger charge is -2.01. The van der Waals surface area contributed by atoms with Crippen LogP contribution >= 0.6 is 0 Å². The number of hydrogen-bond acceptors (Lipinski definition) is 2. The van der Waals surface area contributed by atoms with Gasteiger partial charge < -0.3 is 4.74 Å². The van der Waals surface area contributed by atoms with Crippen molar-refractivity contribution in [3.05, 3.63) is 12.2 Å². The van der Waals surface area contributed by atoms with Crippen LogP contribution in [0.15, 0.2) is 12.2 Å². The molecule has 0 N–H and O–H groups in total. The van der Waals surface area contributed by atoms with Crippen LogP contribution in [0.3, 0.4) is 0 Å². The van der Waals surface area contributed by atoms with E-state index in [0.717, 1.165) is 6.42 Å². The average molecular weight is 254 g/mol. The smallest absolute Gasteiger partial charge is 0.302 e. The third-order valence-corrected chi connectivity index (χ3v) is 2.96. The summed E-state index contributed by atoms with van der Waals surface area (Å²) in [4.78, 5) is 10.5. The molecule has 106 valence electrons. The highest BCUT2D eigenvalue weighted by molar-refractivity contribution is 5.65. The Morgan fingerprint density at radius 1 is 0.889 bits per heavy atom. The maximum Gasteiger partial charge on any atom is 0.302 e. The van der Waals surface area contributed by atoms with E-state index in [1.165, 1.54) is 64.7 Å². The molecule has 0 amide bonds. The van der Waals surface area contributed by atoms with Gasteiger partial charge in [0, 0.05) is 6.92 Å². The zero-order valence-electron chi connectivity index (χ0n) is 12.2. The highest BCUT2D eigenvalue weighted by Gasteiger charge is 1.93. The number of carbonyl (C=O) groups excluding carboxylic acids is 1. The zero-order valence-corrected chi connectivity index (χ0v) is 12.2. The van der Waals surface area contributed by atoms with Crippen LogP contribution in [0.4, 0.5) is 0 Å². The van der Waals surface area contributed by atoms with Gasteiger partial charge in [0.05, 0.1) is 6.61 Å². The zero-order chi connectivity index (χ0) is 13.5. The second-order valence-corrected chi connectivity index (χ2v) is 4.86. The molecule has 2 heteroatoms. The van der Waals surface area contributed by atoms with Crippen molar-refractivity contribution in [2.75, 3.05) is 6.61 Å². The second kappa shape index (κ2) is 14.3. The molecule has 0 heterocycles. The van der Waals surface area contributed by atoms with Gasteiger partial charge in [0.2, 0.25) is 0 Å². The molecule has 0 spiro atoms. The summed E-state index contributed by atoms with van der Waals surface area (Å²) in [5, 5.41) is 0. The van der Waals surface area contributed by atoms with Crippen molar-refractivity contribution in [1.82, 2.24) is 0 Å². The van der Waals surface area contributed by atoms with E-state index in [9.17, 15) is 4.79 Å². The molecule has 0 aliphatic carbocycles. The quantitative estimate of drug-likeness (QED) is 0.277. The lowest BCUT2D eigenvalue weighted by molar-refractivity contribution is -0.141. The standard InChI is InChI=1S/C16H30O2/c1-3-4-5-6-7-8-9-10-11-12-13-14-15-18-16(2)17/h7-8H,3-6,9-15H2,1-2H3/b8-7-. The van der Waals surface area contributed by atoms with Gasteiger partial charge in [-0.2, -0.15) is 0 Å². The second-order valence-electron chi connectivity index (χ2n) is 4.86. The van der Waals surface area contributed by atoms with Crippen molar-refractivity contribution >= 4 is 5.97 Å². The van der Waals surface area contributed by atoms with Gasteiger partial charge in [0.1, 0.15) is 0 Å². The molecule has 0 radical (unpaired) electrons. The topological polar surface area (TPSA) is 26.3 Å². The van der Waals surface area contributed by atoms with E-state index < -0.39 is 0 Å². The highest BCUT2D eigenvalue weighted by atomic mass is 16.5. The molecular weight excluding hydrogens is 224 g/mol. The normalized spacial score (nSPS) is 11.0. The molecule has 0 aliphatic rings. The third-order valence-electron chi connectivity index (χ3n) is 2.96. The Morgan fingerprint density at radius 3 is 2.06 bits per heavy atom. The van der Waals surface area contributed by atoms with E-state index >= 15 is 0 Å². The van der Waals surface area contributed by atoms with Crippen LogP contribution in [-0.2, 0) is 9.53 Å². The molecule has 0 unspecified atom stereocenters. The molecule has 0 aromatic rings. The largest absolute Gasteiger partial charge is 0.466 e. The summed E-state index contributed by atoms with van der Waals surface area (Å²) in [6.45, 7) is 4.30. The molecule has 0 saturated heterocycles. The van der Waals surface area contributed by atoms with Crippen LogP contribution in [0.1, 0.15) is 78.1 Å². The van der Waals surface area contributed by atoms with Gasteiger partial charge in [-0.05, 0) is 32.1 Å². The number of unbranched alkanes of at least 4 members (excludes halogenated alkanes) is 8. The van der Waals surface area contributed by atoms with Crippen LogP contribution in [0.5, 0.6) is 0 Å². The monoisotopic (exact) mass is 254 g/mol. The third kappa shape index (κ3) is 15.2. The Labute approximate surface area is 113 Å². The number of esters is 1. The summed E-state index contributed by atoms with van der Waals surface area (Å²) in [6.07, 6.45) is 17.1. The van der Waals surface area contributed by atoms with Crippen LogP contribution in [0.2, 0.25) is 0 Å². The van der Waals surface area contributed by atoms with Gasteiger partial charge in [0.15, 0.2) is 0 Å². The van der Waals surface area contributed by atoms with Gasteiger partial charge in [-0.3, -0.25) is 4.79 Å². The fourth-order valence-corrected chi connectivity index (χ4v) is 1.86. The molecule has 0 aromatic carbocycles. The molecule has 0 rings (SSSR count). The highest BCUT2D eigenvalue weighted by Crippen LogP contribution is 2.07. The van der Waals surface area contributed by atoms with Crippen molar-refractivity contribution < 1.29 is 9.53 Å². The molecule has 0 aromatic heterocycles. The minimum atomic E-state index is -0.164. The maximum absolute atomic E-state index is 10.5. The average Bonchev–Trinajstić information content (AvgIpc) is 2.34. The first-order valence-corrected chi connectivity index (χ1v) is 7.55. The fourth-order valence-electron chi connectivity index (χ4n) is 1.86. The lowest BCUT2D eigenvalue weighted by atomic mass is 10.1. The van der Waals surface area contributed by atoms with Crippen molar-refractivity contribution in [2.45, 2.75) is 78.1 Å². The van der Waals surface area contributed by atoms with Crippen molar-refractivity contribution in [3.63, 3.8) is 0 Å². The van der Waals surface area contributed by atoms with E-state index in [2.05, 4.69) is 19.1 Å².